The van der Waals surface area contributed by atoms with E-state index in [2.05, 4.69) is 36.9 Å². The van der Waals surface area contributed by atoms with E-state index in [1.165, 1.54) is 30.9 Å². The second-order valence-electron chi connectivity index (χ2n) is 5.37. The van der Waals surface area contributed by atoms with Crippen LogP contribution in [0.4, 0.5) is 0 Å². The first-order valence-electron chi connectivity index (χ1n) is 7.25. The number of carbonyl (C=O) groups excluding carboxylic acids is 1. The monoisotopic (exact) mass is 257 g/mol. The van der Waals surface area contributed by atoms with Crippen molar-refractivity contribution >= 4 is 5.91 Å². The molecule has 1 aliphatic rings. The van der Waals surface area contributed by atoms with E-state index >= 15 is 0 Å². The van der Waals surface area contributed by atoms with Crippen LogP contribution in [-0.4, -0.2) is 23.9 Å². The lowest BCUT2D eigenvalue weighted by Gasteiger charge is -2.32. The molecule has 2 heteroatoms. The van der Waals surface area contributed by atoms with E-state index in [9.17, 15) is 4.79 Å². The summed E-state index contributed by atoms with van der Waals surface area (Å²) in [5, 5.41) is 0. The summed E-state index contributed by atoms with van der Waals surface area (Å²) < 4.78 is 0. The van der Waals surface area contributed by atoms with Gasteiger partial charge in [-0.3, -0.25) is 4.79 Å². The highest BCUT2D eigenvalue weighted by Gasteiger charge is 2.21. The third kappa shape index (κ3) is 4.23. The van der Waals surface area contributed by atoms with Crippen molar-refractivity contribution in [2.45, 2.75) is 32.1 Å². The van der Waals surface area contributed by atoms with Crippen LogP contribution in [0.1, 0.15) is 31.2 Å². The Bertz CT molecular complexity index is 413. The van der Waals surface area contributed by atoms with Gasteiger partial charge in [-0.25, -0.2) is 0 Å². The summed E-state index contributed by atoms with van der Waals surface area (Å²) >= 11 is 0. The molecule has 1 heterocycles. The average molecular weight is 257 g/mol. The number of rotatable bonds is 5. The molecular formula is C17H23NO. The lowest BCUT2D eigenvalue weighted by molar-refractivity contribution is -0.127. The molecule has 1 fully saturated rings. The van der Waals surface area contributed by atoms with Crippen molar-refractivity contribution in [3.05, 3.63) is 48.6 Å². The first-order valence-corrected chi connectivity index (χ1v) is 7.25. The molecule has 0 spiro atoms. The van der Waals surface area contributed by atoms with Gasteiger partial charge >= 0.3 is 0 Å². The van der Waals surface area contributed by atoms with Crippen molar-refractivity contribution < 1.29 is 4.79 Å². The van der Waals surface area contributed by atoms with Gasteiger partial charge in [-0.2, -0.15) is 0 Å². The smallest absolute Gasteiger partial charge is 0.245 e. The molecule has 0 radical (unpaired) electrons. The molecule has 0 N–H and O–H groups in total. The van der Waals surface area contributed by atoms with Crippen LogP contribution in [0.3, 0.4) is 0 Å². The molecule has 1 aliphatic heterocycles. The third-order valence-electron chi connectivity index (χ3n) is 3.93. The van der Waals surface area contributed by atoms with Crippen LogP contribution in [0, 0.1) is 5.92 Å². The molecule has 2 nitrogen and oxygen atoms in total. The second-order valence-corrected chi connectivity index (χ2v) is 5.37. The lowest BCUT2D eigenvalue weighted by Crippen LogP contribution is -2.38. The van der Waals surface area contributed by atoms with Crippen LogP contribution >= 0.6 is 0 Å². The van der Waals surface area contributed by atoms with E-state index in [1.807, 2.05) is 4.90 Å². The standard InChI is InChI=1S/C17H23NO/c1-2-17(19)18-13-7-12-16(14-18)11-6-10-15-8-4-3-5-9-15/h2-5,8-9,16H,1,6-7,10-14H2. The zero-order valence-electron chi connectivity index (χ0n) is 11.6. The fourth-order valence-electron chi connectivity index (χ4n) is 2.87. The molecule has 1 saturated heterocycles. The van der Waals surface area contributed by atoms with E-state index < -0.39 is 0 Å². The predicted octanol–water partition coefficient (Wildman–Crippen LogP) is 3.43. The van der Waals surface area contributed by atoms with Crippen LogP contribution in [-0.2, 0) is 11.2 Å². The normalized spacial score (nSPS) is 19.2. The topological polar surface area (TPSA) is 20.3 Å². The zero-order chi connectivity index (χ0) is 13.5. The summed E-state index contributed by atoms with van der Waals surface area (Å²) in [6.07, 6.45) is 7.41. The van der Waals surface area contributed by atoms with Gasteiger partial charge in [-0.15, -0.1) is 0 Å². The predicted molar refractivity (Wildman–Crippen MR) is 78.9 cm³/mol. The highest BCUT2D eigenvalue weighted by Crippen LogP contribution is 2.22. The van der Waals surface area contributed by atoms with Gasteiger partial charge in [0.25, 0.3) is 0 Å². The van der Waals surface area contributed by atoms with Gasteiger partial charge in [0.05, 0.1) is 0 Å². The van der Waals surface area contributed by atoms with Gasteiger partial charge in [0, 0.05) is 13.1 Å². The summed E-state index contributed by atoms with van der Waals surface area (Å²) in [4.78, 5) is 13.6. The molecule has 2 rings (SSSR count). The van der Waals surface area contributed by atoms with Gasteiger partial charge in [0.15, 0.2) is 0 Å². The average Bonchev–Trinajstić information content (AvgIpc) is 2.48. The minimum Gasteiger partial charge on any atom is -0.339 e. The number of hydrogen-bond donors (Lipinski definition) is 0. The Kier molecular flexibility index (Phi) is 5.20. The highest BCUT2D eigenvalue weighted by molar-refractivity contribution is 5.87. The first-order chi connectivity index (χ1) is 9.29. The Balaban J connectivity index is 1.74. The van der Waals surface area contributed by atoms with Gasteiger partial charge in [-0.05, 0) is 49.7 Å². The molecule has 1 unspecified atom stereocenters. The Morgan fingerprint density at radius 3 is 2.89 bits per heavy atom. The van der Waals surface area contributed by atoms with Crippen molar-refractivity contribution in [2.24, 2.45) is 5.92 Å². The number of amides is 1. The molecule has 19 heavy (non-hydrogen) atoms. The van der Waals surface area contributed by atoms with Crippen molar-refractivity contribution in [1.29, 1.82) is 0 Å². The molecule has 1 aromatic carbocycles. The van der Waals surface area contributed by atoms with Crippen molar-refractivity contribution in [3.63, 3.8) is 0 Å². The molecule has 0 bridgehead atoms. The molecular weight excluding hydrogens is 234 g/mol. The summed E-state index contributed by atoms with van der Waals surface area (Å²) in [6, 6.07) is 10.6. The fourth-order valence-corrected chi connectivity index (χ4v) is 2.87. The minimum atomic E-state index is 0.0905. The lowest BCUT2D eigenvalue weighted by atomic mass is 9.92. The van der Waals surface area contributed by atoms with Crippen LogP contribution in [0.2, 0.25) is 0 Å². The van der Waals surface area contributed by atoms with E-state index in [-0.39, 0.29) is 5.91 Å². The SMILES string of the molecule is C=CC(=O)N1CCCC(CCCc2ccccc2)C1. The number of piperidine rings is 1. The molecule has 0 saturated carbocycles. The number of hydrogen-bond acceptors (Lipinski definition) is 1. The Morgan fingerprint density at radius 2 is 2.16 bits per heavy atom. The maximum Gasteiger partial charge on any atom is 0.245 e. The van der Waals surface area contributed by atoms with Crippen molar-refractivity contribution in [2.75, 3.05) is 13.1 Å². The van der Waals surface area contributed by atoms with Crippen molar-refractivity contribution in [3.8, 4) is 0 Å². The van der Waals surface area contributed by atoms with E-state index in [0.717, 1.165) is 25.9 Å². The third-order valence-corrected chi connectivity index (χ3v) is 3.93. The van der Waals surface area contributed by atoms with Gasteiger partial charge in [-0.1, -0.05) is 36.9 Å². The Morgan fingerprint density at radius 1 is 1.37 bits per heavy atom. The number of carbonyl (C=O) groups is 1. The molecule has 1 atom stereocenters. The molecule has 0 aromatic heterocycles. The number of benzene rings is 1. The summed E-state index contributed by atoms with van der Waals surface area (Å²) in [6.45, 7) is 5.39. The molecule has 1 amide bonds. The van der Waals surface area contributed by atoms with Crippen LogP contribution in [0.15, 0.2) is 43.0 Å². The number of nitrogens with zero attached hydrogens (tertiary/aromatic N) is 1. The molecule has 0 aliphatic carbocycles. The molecule has 102 valence electrons. The zero-order valence-corrected chi connectivity index (χ0v) is 11.6. The highest BCUT2D eigenvalue weighted by atomic mass is 16.2. The van der Waals surface area contributed by atoms with E-state index in [0.29, 0.717) is 5.92 Å². The Labute approximate surface area is 116 Å². The van der Waals surface area contributed by atoms with E-state index in [4.69, 9.17) is 0 Å². The van der Waals surface area contributed by atoms with Crippen molar-refractivity contribution in [1.82, 2.24) is 4.90 Å². The summed E-state index contributed by atoms with van der Waals surface area (Å²) in [7, 11) is 0. The minimum absolute atomic E-state index is 0.0905. The van der Waals surface area contributed by atoms with Crippen LogP contribution < -0.4 is 0 Å². The Hall–Kier alpha value is -1.57. The van der Waals surface area contributed by atoms with E-state index in [1.54, 1.807) is 0 Å². The summed E-state index contributed by atoms with van der Waals surface area (Å²) in [5.74, 6) is 0.758. The largest absolute Gasteiger partial charge is 0.339 e. The number of likely N-dealkylation sites (tertiary alicyclic amines) is 1. The van der Waals surface area contributed by atoms with Crippen LogP contribution in [0.25, 0.3) is 0 Å². The van der Waals surface area contributed by atoms with Gasteiger partial charge in [0.2, 0.25) is 5.91 Å². The maximum atomic E-state index is 11.6. The maximum absolute atomic E-state index is 11.6. The first kappa shape index (κ1) is 13.9. The second kappa shape index (κ2) is 7.13. The molecule has 1 aromatic rings. The quantitative estimate of drug-likeness (QED) is 0.740. The summed E-state index contributed by atoms with van der Waals surface area (Å²) in [5.41, 5.74) is 1.41. The van der Waals surface area contributed by atoms with Gasteiger partial charge < -0.3 is 4.90 Å². The van der Waals surface area contributed by atoms with Gasteiger partial charge in [0.1, 0.15) is 0 Å². The fraction of sp³-hybridized carbons (Fsp3) is 0.471. The number of aryl methyl sites for hydroxylation is 1. The van der Waals surface area contributed by atoms with Crippen LogP contribution in [0.5, 0.6) is 0 Å².